The zero-order chi connectivity index (χ0) is 13.8. The van der Waals surface area contributed by atoms with Crippen LogP contribution in [0.3, 0.4) is 0 Å². The lowest BCUT2D eigenvalue weighted by molar-refractivity contribution is 0.768. The van der Waals surface area contributed by atoms with Gasteiger partial charge < -0.3 is 10.2 Å². The van der Waals surface area contributed by atoms with E-state index >= 15 is 0 Å². The molecule has 0 spiro atoms. The zero-order valence-electron chi connectivity index (χ0n) is 11.9. The van der Waals surface area contributed by atoms with E-state index in [2.05, 4.69) is 39.1 Å². The lowest BCUT2D eigenvalue weighted by Crippen LogP contribution is -2.24. The molecule has 2 rings (SSSR count). The Hall–Kier alpha value is -2.11. The van der Waals surface area contributed by atoms with Gasteiger partial charge >= 0.3 is 0 Å². The fourth-order valence-corrected chi connectivity index (χ4v) is 1.91. The zero-order valence-corrected chi connectivity index (χ0v) is 11.9. The second-order valence-electron chi connectivity index (χ2n) is 4.26. The number of aryl methyl sites for hydroxylation is 1. The minimum Gasteiger partial charge on any atom is -0.373 e. The Balaban J connectivity index is 2.46. The predicted octanol–water partition coefficient (Wildman–Crippen LogP) is 1.76. The van der Waals surface area contributed by atoms with Crippen LogP contribution in [0.5, 0.6) is 0 Å². The molecule has 2 aromatic heterocycles. The minimum absolute atomic E-state index is 0.746. The molecule has 0 radical (unpaired) electrons. The Morgan fingerprint density at radius 1 is 1.26 bits per heavy atom. The molecule has 0 aliphatic carbocycles. The topological polar surface area (TPSA) is 58.9 Å². The van der Waals surface area contributed by atoms with Crippen molar-refractivity contribution in [3.8, 4) is 11.3 Å². The van der Waals surface area contributed by atoms with Crippen LogP contribution in [0.1, 0.15) is 13.8 Å². The second kappa shape index (κ2) is 5.69. The molecule has 0 aliphatic heterocycles. The summed E-state index contributed by atoms with van der Waals surface area (Å²) in [5, 5.41) is 7.27. The van der Waals surface area contributed by atoms with Crippen molar-refractivity contribution < 1.29 is 0 Å². The highest BCUT2D eigenvalue weighted by atomic mass is 15.3. The van der Waals surface area contributed by atoms with Gasteiger partial charge in [-0.2, -0.15) is 10.1 Å². The number of anilines is 2. The van der Waals surface area contributed by atoms with Crippen molar-refractivity contribution in [1.82, 2.24) is 19.7 Å². The SMILES string of the molecule is CCN(CC)c1nc(NC)cc(-c2cnn(C)c2)n1. The highest BCUT2D eigenvalue weighted by Gasteiger charge is 2.11. The normalized spacial score (nSPS) is 10.5. The lowest BCUT2D eigenvalue weighted by atomic mass is 10.2. The third-order valence-corrected chi connectivity index (χ3v) is 3.02. The van der Waals surface area contributed by atoms with Crippen LogP contribution in [-0.4, -0.2) is 39.9 Å². The number of hydrogen-bond donors (Lipinski definition) is 1. The van der Waals surface area contributed by atoms with E-state index in [1.165, 1.54) is 0 Å². The quantitative estimate of drug-likeness (QED) is 0.887. The van der Waals surface area contributed by atoms with Gasteiger partial charge in [-0.3, -0.25) is 4.68 Å². The van der Waals surface area contributed by atoms with Crippen molar-refractivity contribution in [1.29, 1.82) is 0 Å². The molecule has 0 aliphatic rings. The molecule has 0 unspecified atom stereocenters. The van der Waals surface area contributed by atoms with Gasteiger partial charge in [-0.25, -0.2) is 4.98 Å². The number of hydrogen-bond acceptors (Lipinski definition) is 5. The molecule has 0 atom stereocenters. The van der Waals surface area contributed by atoms with Crippen LogP contribution < -0.4 is 10.2 Å². The summed E-state index contributed by atoms with van der Waals surface area (Å²) in [5.41, 5.74) is 1.88. The molecule has 1 N–H and O–H groups in total. The maximum absolute atomic E-state index is 4.63. The molecule has 2 aromatic rings. The van der Waals surface area contributed by atoms with Gasteiger partial charge in [0.05, 0.1) is 11.9 Å². The van der Waals surface area contributed by atoms with E-state index in [1.54, 1.807) is 4.68 Å². The summed E-state index contributed by atoms with van der Waals surface area (Å²) in [6, 6.07) is 1.93. The fraction of sp³-hybridized carbons (Fsp3) is 0.462. The third-order valence-electron chi connectivity index (χ3n) is 3.02. The summed E-state index contributed by atoms with van der Waals surface area (Å²) < 4.78 is 1.77. The summed E-state index contributed by atoms with van der Waals surface area (Å²) in [6.07, 6.45) is 3.77. The first-order chi connectivity index (χ1) is 9.17. The van der Waals surface area contributed by atoms with E-state index in [4.69, 9.17) is 0 Å². The summed E-state index contributed by atoms with van der Waals surface area (Å²) in [6.45, 7) is 5.97. The van der Waals surface area contributed by atoms with Gasteiger partial charge in [-0.1, -0.05) is 0 Å². The number of nitrogens with one attached hydrogen (secondary N) is 1. The Bertz CT molecular complexity index is 544. The molecule has 0 saturated carbocycles. The van der Waals surface area contributed by atoms with Crippen LogP contribution >= 0.6 is 0 Å². The Morgan fingerprint density at radius 3 is 2.53 bits per heavy atom. The predicted molar refractivity (Wildman–Crippen MR) is 77.3 cm³/mol. The number of nitrogens with zero attached hydrogens (tertiary/aromatic N) is 5. The van der Waals surface area contributed by atoms with Crippen molar-refractivity contribution in [2.24, 2.45) is 7.05 Å². The van der Waals surface area contributed by atoms with E-state index in [1.807, 2.05) is 32.6 Å². The largest absolute Gasteiger partial charge is 0.373 e. The Morgan fingerprint density at radius 2 is 2.00 bits per heavy atom. The van der Waals surface area contributed by atoms with Gasteiger partial charge in [0.2, 0.25) is 5.95 Å². The first-order valence-electron chi connectivity index (χ1n) is 6.48. The molecule has 2 heterocycles. The first-order valence-corrected chi connectivity index (χ1v) is 6.48. The number of aromatic nitrogens is 4. The van der Waals surface area contributed by atoms with Crippen LogP contribution in [0.25, 0.3) is 11.3 Å². The summed E-state index contributed by atoms with van der Waals surface area (Å²) >= 11 is 0. The van der Waals surface area contributed by atoms with Gasteiger partial charge in [0.15, 0.2) is 0 Å². The average molecular weight is 260 g/mol. The van der Waals surface area contributed by atoms with Crippen molar-refractivity contribution >= 4 is 11.8 Å². The molecule has 0 bridgehead atoms. The summed E-state index contributed by atoms with van der Waals surface area (Å²) in [5.74, 6) is 1.56. The van der Waals surface area contributed by atoms with Crippen LogP contribution in [0.2, 0.25) is 0 Å². The maximum atomic E-state index is 4.63. The van der Waals surface area contributed by atoms with Crippen LogP contribution in [-0.2, 0) is 7.05 Å². The van der Waals surface area contributed by atoms with E-state index in [-0.39, 0.29) is 0 Å². The van der Waals surface area contributed by atoms with Gasteiger partial charge in [0.1, 0.15) is 5.82 Å². The van der Waals surface area contributed by atoms with Crippen LogP contribution in [0.15, 0.2) is 18.5 Å². The molecule has 19 heavy (non-hydrogen) atoms. The van der Waals surface area contributed by atoms with Gasteiger partial charge in [-0.15, -0.1) is 0 Å². The monoisotopic (exact) mass is 260 g/mol. The van der Waals surface area contributed by atoms with Crippen molar-refractivity contribution in [3.05, 3.63) is 18.5 Å². The van der Waals surface area contributed by atoms with Crippen molar-refractivity contribution in [2.75, 3.05) is 30.4 Å². The van der Waals surface area contributed by atoms with Gasteiger partial charge in [0, 0.05) is 45.0 Å². The molecule has 6 heteroatoms. The average Bonchev–Trinajstić information content (AvgIpc) is 2.86. The molecule has 0 fully saturated rings. The molecule has 6 nitrogen and oxygen atoms in total. The van der Waals surface area contributed by atoms with Crippen LogP contribution in [0, 0.1) is 0 Å². The van der Waals surface area contributed by atoms with Crippen molar-refractivity contribution in [2.45, 2.75) is 13.8 Å². The molecule has 0 amide bonds. The van der Waals surface area contributed by atoms with Gasteiger partial charge in [0.25, 0.3) is 0 Å². The molecule has 0 aromatic carbocycles. The smallest absolute Gasteiger partial charge is 0.227 e. The standard InChI is InChI=1S/C13H20N6/c1-5-19(6-2)13-16-11(7-12(14-3)17-13)10-8-15-18(4)9-10/h7-9H,5-6H2,1-4H3,(H,14,16,17). The number of rotatable bonds is 5. The maximum Gasteiger partial charge on any atom is 0.227 e. The third kappa shape index (κ3) is 2.83. The lowest BCUT2D eigenvalue weighted by Gasteiger charge is -2.19. The first kappa shape index (κ1) is 13.3. The minimum atomic E-state index is 0.746. The Labute approximate surface area is 113 Å². The fourth-order valence-electron chi connectivity index (χ4n) is 1.91. The second-order valence-corrected chi connectivity index (χ2v) is 4.26. The van der Waals surface area contributed by atoms with Gasteiger partial charge in [-0.05, 0) is 13.8 Å². The molecule has 102 valence electrons. The summed E-state index contributed by atoms with van der Waals surface area (Å²) in [4.78, 5) is 11.3. The van der Waals surface area contributed by atoms with E-state index in [0.29, 0.717) is 0 Å². The van der Waals surface area contributed by atoms with Crippen molar-refractivity contribution in [3.63, 3.8) is 0 Å². The highest BCUT2D eigenvalue weighted by molar-refractivity contribution is 5.63. The molecule has 0 saturated heterocycles. The summed E-state index contributed by atoms with van der Waals surface area (Å²) in [7, 11) is 3.76. The molecular formula is C13H20N6. The van der Waals surface area contributed by atoms with E-state index in [9.17, 15) is 0 Å². The van der Waals surface area contributed by atoms with E-state index in [0.717, 1.165) is 36.1 Å². The van der Waals surface area contributed by atoms with Crippen LogP contribution in [0.4, 0.5) is 11.8 Å². The van der Waals surface area contributed by atoms with E-state index < -0.39 is 0 Å². The molecular weight excluding hydrogens is 240 g/mol. The Kier molecular flexibility index (Phi) is 3.99. The highest BCUT2D eigenvalue weighted by Crippen LogP contribution is 2.22.